The van der Waals surface area contributed by atoms with E-state index in [0.29, 0.717) is 16.6 Å². The molecule has 5 heteroatoms. The summed E-state index contributed by atoms with van der Waals surface area (Å²) in [6.45, 7) is 1.51. The Balaban J connectivity index is 2.51. The topological polar surface area (TPSA) is 42.9 Å². The van der Waals surface area contributed by atoms with Crippen LogP contribution >= 0.6 is 23.4 Å². The first kappa shape index (κ1) is 11.0. The monoisotopic (exact) mass is 226 g/mol. The van der Waals surface area contributed by atoms with E-state index in [1.807, 2.05) is 0 Å². The Kier molecular flexibility index (Phi) is 4.44. The highest BCUT2D eigenvalue weighted by Crippen LogP contribution is 2.02. The van der Waals surface area contributed by atoms with E-state index in [2.05, 4.69) is 21.8 Å². The van der Waals surface area contributed by atoms with E-state index in [1.54, 1.807) is 0 Å². The molecular formula is C9H7ClN2OS. The van der Waals surface area contributed by atoms with E-state index in [1.165, 1.54) is 19.3 Å². The SMILES string of the molecule is CC(=O)SCC#Cc1ncc(Cl)cn1. The number of carbonyl (C=O) groups is 1. The second-order valence-corrected chi connectivity index (χ2v) is 3.90. The summed E-state index contributed by atoms with van der Waals surface area (Å²) in [6.07, 6.45) is 2.97. The van der Waals surface area contributed by atoms with Gasteiger partial charge in [0.05, 0.1) is 23.2 Å². The summed E-state index contributed by atoms with van der Waals surface area (Å²) in [4.78, 5) is 18.3. The van der Waals surface area contributed by atoms with Crippen LogP contribution in [-0.2, 0) is 4.79 Å². The second-order valence-electron chi connectivity index (χ2n) is 2.31. The summed E-state index contributed by atoms with van der Waals surface area (Å²) >= 11 is 6.75. The summed E-state index contributed by atoms with van der Waals surface area (Å²) in [5, 5.41) is 0.532. The zero-order valence-corrected chi connectivity index (χ0v) is 9.02. The van der Waals surface area contributed by atoms with Crippen molar-refractivity contribution in [3.63, 3.8) is 0 Å². The molecule has 0 N–H and O–H groups in total. The van der Waals surface area contributed by atoms with Gasteiger partial charge in [0, 0.05) is 6.92 Å². The fourth-order valence-corrected chi connectivity index (χ4v) is 1.07. The normalized spacial score (nSPS) is 9.00. The summed E-state index contributed by atoms with van der Waals surface area (Å²) in [7, 11) is 0. The quantitative estimate of drug-likeness (QED) is 0.685. The van der Waals surface area contributed by atoms with E-state index in [-0.39, 0.29) is 5.12 Å². The van der Waals surface area contributed by atoms with Gasteiger partial charge in [-0.2, -0.15) is 0 Å². The number of hydrogen-bond acceptors (Lipinski definition) is 4. The lowest BCUT2D eigenvalue weighted by Gasteiger charge is -1.88. The Morgan fingerprint density at radius 1 is 1.57 bits per heavy atom. The van der Waals surface area contributed by atoms with Crippen LogP contribution in [0.3, 0.4) is 0 Å². The van der Waals surface area contributed by atoms with Crippen LogP contribution in [0, 0.1) is 11.8 Å². The van der Waals surface area contributed by atoms with Crippen LogP contribution < -0.4 is 0 Å². The van der Waals surface area contributed by atoms with Gasteiger partial charge in [-0.25, -0.2) is 9.97 Å². The number of aromatic nitrogens is 2. The molecule has 14 heavy (non-hydrogen) atoms. The highest BCUT2D eigenvalue weighted by atomic mass is 35.5. The van der Waals surface area contributed by atoms with Crippen molar-refractivity contribution in [2.24, 2.45) is 0 Å². The van der Waals surface area contributed by atoms with Gasteiger partial charge < -0.3 is 0 Å². The van der Waals surface area contributed by atoms with Crippen molar-refractivity contribution in [3.05, 3.63) is 23.2 Å². The fraction of sp³-hybridized carbons (Fsp3) is 0.222. The average Bonchev–Trinajstić information content (AvgIpc) is 2.15. The van der Waals surface area contributed by atoms with Crippen LogP contribution in [0.5, 0.6) is 0 Å². The summed E-state index contributed by atoms with van der Waals surface area (Å²) in [6, 6.07) is 0. The molecule has 0 aromatic carbocycles. The summed E-state index contributed by atoms with van der Waals surface area (Å²) in [5.74, 6) is 6.37. The van der Waals surface area contributed by atoms with Crippen molar-refractivity contribution in [1.29, 1.82) is 0 Å². The number of halogens is 1. The molecule has 3 nitrogen and oxygen atoms in total. The standard InChI is InChI=1S/C9H7ClN2OS/c1-7(13)14-4-2-3-9-11-5-8(10)6-12-9/h5-6H,4H2,1H3. The average molecular weight is 227 g/mol. The van der Waals surface area contributed by atoms with E-state index >= 15 is 0 Å². The van der Waals surface area contributed by atoms with E-state index in [9.17, 15) is 4.79 Å². The van der Waals surface area contributed by atoms with Gasteiger partial charge in [-0.05, 0) is 5.92 Å². The zero-order chi connectivity index (χ0) is 10.4. The molecule has 1 aromatic rings. The molecule has 0 aliphatic heterocycles. The van der Waals surface area contributed by atoms with E-state index in [0.717, 1.165) is 11.8 Å². The van der Waals surface area contributed by atoms with Crippen molar-refractivity contribution in [2.45, 2.75) is 6.92 Å². The second kappa shape index (κ2) is 5.63. The Morgan fingerprint density at radius 3 is 2.79 bits per heavy atom. The highest BCUT2D eigenvalue weighted by molar-refractivity contribution is 8.13. The van der Waals surface area contributed by atoms with Crippen molar-refractivity contribution in [3.8, 4) is 11.8 Å². The predicted molar refractivity (Wildman–Crippen MR) is 57.1 cm³/mol. The largest absolute Gasteiger partial charge is 0.288 e. The van der Waals surface area contributed by atoms with Crippen LogP contribution in [-0.4, -0.2) is 20.8 Å². The van der Waals surface area contributed by atoms with Crippen molar-refractivity contribution in [1.82, 2.24) is 9.97 Å². The highest BCUT2D eigenvalue weighted by Gasteiger charge is 1.91. The van der Waals surface area contributed by atoms with Crippen LogP contribution in [0.4, 0.5) is 0 Å². The molecule has 0 fully saturated rings. The van der Waals surface area contributed by atoms with Crippen LogP contribution in [0.1, 0.15) is 12.7 Å². The molecule has 0 spiro atoms. The number of rotatable bonds is 1. The first-order chi connectivity index (χ1) is 6.68. The van der Waals surface area contributed by atoms with E-state index in [4.69, 9.17) is 11.6 Å². The van der Waals surface area contributed by atoms with Crippen LogP contribution in [0.25, 0.3) is 0 Å². The van der Waals surface area contributed by atoms with Gasteiger partial charge in [-0.15, -0.1) is 0 Å². The molecule has 1 heterocycles. The first-order valence-electron chi connectivity index (χ1n) is 3.78. The third-order valence-electron chi connectivity index (χ3n) is 1.17. The molecule has 0 aliphatic rings. The summed E-state index contributed by atoms with van der Waals surface area (Å²) < 4.78 is 0. The Bertz CT molecular complexity index is 380. The molecule has 0 bridgehead atoms. The Labute approximate surface area is 91.3 Å². The predicted octanol–water partition coefficient (Wildman–Crippen LogP) is 1.76. The van der Waals surface area contributed by atoms with Gasteiger partial charge in [0.15, 0.2) is 5.12 Å². The minimum absolute atomic E-state index is 0.0522. The van der Waals surface area contributed by atoms with Gasteiger partial charge in [0.25, 0.3) is 0 Å². The molecule has 0 aliphatic carbocycles. The maximum Gasteiger partial charge on any atom is 0.204 e. The number of carbonyl (C=O) groups excluding carboxylic acids is 1. The summed E-state index contributed by atoms with van der Waals surface area (Å²) in [5.41, 5.74) is 0. The third kappa shape index (κ3) is 4.26. The van der Waals surface area contributed by atoms with Gasteiger partial charge in [0.2, 0.25) is 5.82 Å². The third-order valence-corrected chi connectivity index (χ3v) is 2.06. The molecular weight excluding hydrogens is 220 g/mol. The number of hydrogen-bond donors (Lipinski definition) is 0. The minimum Gasteiger partial charge on any atom is -0.288 e. The maximum atomic E-state index is 10.5. The van der Waals surface area contributed by atoms with Crippen molar-refractivity contribution in [2.75, 3.05) is 5.75 Å². The fourth-order valence-electron chi connectivity index (χ4n) is 0.630. The maximum absolute atomic E-state index is 10.5. The molecule has 1 rings (SSSR count). The van der Waals surface area contributed by atoms with Gasteiger partial charge in [0.1, 0.15) is 0 Å². The van der Waals surface area contributed by atoms with Gasteiger partial charge >= 0.3 is 0 Å². The first-order valence-corrected chi connectivity index (χ1v) is 5.14. The van der Waals surface area contributed by atoms with Crippen molar-refractivity contribution >= 4 is 28.5 Å². The van der Waals surface area contributed by atoms with Crippen LogP contribution in [0.2, 0.25) is 5.02 Å². The van der Waals surface area contributed by atoms with Gasteiger partial charge in [-0.1, -0.05) is 29.3 Å². The number of thioether (sulfide) groups is 1. The number of nitrogens with zero attached hydrogens (tertiary/aromatic N) is 2. The molecule has 72 valence electrons. The smallest absolute Gasteiger partial charge is 0.204 e. The van der Waals surface area contributed by atoms with Crippen molar-refractivity contribution < 1.29 is 4.79 Å². The zero-order valence-electron chi connectivity index (χ0n) is 7.45. The molecule has 1 aromatic heterocycles. The molecule has 0 atom stereocenters. The molecule has 0 radical (unpaired) electrons. The van der Waals surface area contributed by atoms with Crippen LogP contribution in [0.15, 0.2) is 12.4 Å². The van der Waals surface area contributed by atoms with E-state index < -0.39 is 0 Å². The molecule has 0 saturated carbocycles. The molecule has 0 amide bonds. The molecule has 0 saturated heterocycles. The lowest BCUT2D eigenvalue weighted by Crippen LogP contribution is -1.87. The Hall–Kier alpha value is -1.05. The molecule has 0 unspecified atom stereocenters. The minimum atomic E-state index is 0.0522. The lowest BCUT2D eigenvalue weighted by molar-refractivity contribution is -0.109. The Morgan fingerprint density at radius 2 is 2.21 bits per heavy atom. The van der Waals surface area contributed by atoms with Gasteiger partial charge in [-0.3, -0.25) is 4.79 Å². The lowest BCUT2D eigenvalue weighted by atomic mass is 10.5.